The Morgan fingerprint density at radius 1 is 1.05 bits per heavy atom. The van der Waals surface area contributed by atoms with Gasteiger partial charge in [0, 0.05) is 31.2 Å². The van der Waals surface area contributed by atoms with Gasteiger partial charge in [-0.25, -0.2) is 8.42 Å². The van der Waals surface area contributed by atoms with Crippen molar-refractivity contribution in [2.45, 2.75) is 38.0 Å². The maximum atomic E-state index is 13.6. The summed E-state index contributed by atoms with van der Waals surface area (Å²) in [6, 6.07) is 17.0. The third-order valence-corrected chi connectivity index (χ3v) is 8.90. The van der Waals surface area contributed by atoms with Crippen LogP contribution in [0.2, 0.25) is 0 Å². The monoisotopic (exact) mass is 551 g/mol. The summed E-state index contributed by atoms with van der Waals surface area (Å²) in [5.74, 6) is -0.742. The van der Waals surface area contributed by atoms with E-state index in [4.69, 9.17) is 9.26 Å². The van der Waals surface area contributed by atoms with Crippen molar-refractivity contribution in [3.63, 3.8) is 0 Å². The summed E-state index contributed by atoms with van der Waals surface area (Å²) in [6.45, 7) is 4.16. The number of hydrogen-bond donors (Lipinski definition) is 0. The van der Waals surface area contributed by atoms with Crippen molar-refractivity contribution in [3.05, 3.63) is 77.2 Å². The van der Waals surface area contributed by atoms with Gasteiger partial charge in [-0.2, -0.15) is 4.31 Å². The molecule has 1 aliphatic heterocycles. The molecule has 0 atom stereocenters. The molecule has 9 nitrogen and oxygen atoms in total. The Labute approximate surface area is 229 Å². The number of anilines is 1. The molecule has 0 aliphatic carbocycles. The van der Waals surface area contributed by atoms with Crippen LogP contribution in [-0.4, -0.2) is 56.5 Å². The minimum atomic E-state index is -3.90. The predicted octanol–water partition coefficient (Wildman–Crippen LogP) is 4.46. The summed E-state index contributed by atoms with van der Waals surface area (Å²) < 4.78 is 38.8. The second kappa shape index (κ2) is 12.4. The van der Waals surface area contributed by atoms with Crippen LogP contribution in [0.25, 0.3) is 12.2 Å². The van der Waals surface area contributed by atoms with Crippen LogP contribution in [0.5, 0.6) is 0 Å². The van der Waals surface area contributed by atoms with Crippen LogP contribution in [0.3, 0.4) is 0 Å². The van der Waals surface area contributed by atoms with Crippen molar-refractivity contribution >= 4 is 39.7 Å². The average molecular weight is 552 g/mol. The van der Waals surface area contributed by atoms with E-state index in [9.17, 15) is 18.0 Å². The fraction of sp³-hybridized carbons (Fsp3) is 0.345. The summed E-state index contributed by atoms with van der Waals surface area (Å²) in [5.41, 5.74) is 3.01. The number of amides is 1. The van der Waals surface area contributed by atoms with E-state index in [1.807, 2.05) is 61.5 Å². The zero-order valence-corrected chi connectivity index (χ0v) is 23.2. The lowest BCUT2D eigenvalue weighted by Gasteiger charge is -2.33. The number of aromatic nitrogens is 1. The van der Waals surface area contributed by atoms with Crippen LogP contribution < -0.4 is 4.90 Å². The minimum absolute atomic E-state index is 0.0413. The molecule has 10 heteroatoms. The van der Waals surface area contributed by atoms with Crippen molar-refractivity contribution in [1.82, 2.24) is 9.46 Å². The van der Waals surface area contributed by atoms with Gasteiger partial charge in [0.2, 0.25) is 15.9 Å². The molecule has 1 aliphatic rings. The van der Waals surface area contributed by atoms with Crippen LogP contribution in [0, 0.1) is 19.8 Å². The number of para-hydroxylation sites is 1. The predicted molar refractivity (Wildman–Crippen MR) is 148 cm³/mol. The highest BCUT2D eigenvalue weighted by Gasteiger charge is 2.37. The van der Waals surface area contributed by atoms with Gasteiger partial charge in [-0.3, -0.25) is 9.59 Å². The molecule has 0 N–H and O–H groups in total. The van der Waals surface area contributed by atoms with Gasteiger partial charge in [0.05, 0.1) is 13.5 Å². The number of nitrogens with zero attached hydrogens (tertiary/aromatic N) is 3. The number of esters is 1. The van der Waals surface area contributed by atoms with E-state index < -0.39 is 16.0 Å². The van der Waals surface area contributed by atoms with Crippen molar-refractivity contribution in [3.8, 4) is 0 Å². The van der Waals surface area contributed by atoms with Gasteiger partial charge in [0.15, 0.2) is 10.7 Å². The Morgan fingerprint density at radius 2 is 1.72 bits per heavy atom. The fourth-order valence-electron chi connectivity index (χ4n) is 4.62. The highest BCUT2D eigenvalue weighted by molar-refractivity contribution is 7.89. The lowest BCUT2D eigenvalue weighted by Crippen LogP contribution is -2.45. The summed E-state index contributed by atoms with van der Waals surface area (Å²) in [4.78, 5) is 26.9. The summed E-state index contributed by atoms with van der Waals surface area (Å²) >= 11 is 0. The number of hydrogen-bond acceptors (Lipinski definition) is 7. The smallest absolute Gasteiger partial charge is 0.307 e. The molecule has 2 aromatic carbocycles. The van der Waals surface area contributed by atoms with Gasteiger partial charge in [0.1, 0.15) is 5.69 Å². The van der Waals surface area contributed by atoms with Gasteiger partial charge in [-0.1, -0.05) is 59.3 Å². The summed E-state index contributed by atoms with van der Waals surface area (Å²) in [5, 5.41) is 3.92. The molecule has 1 aromatic heterocycles. The fourth-order valence-corrected chi connectivity index (χ4v) is 6.34. The zero-order chi connectivity index (χ0) is 28.0. The van der Waals surface area contributed by atoms with Crippen LogP contribution in [0.1, 0.15) is 41.8 Å². The molecular weight excluding hydrogens is 518 g/mol. The zero-order valence-electron chi connectivity index (χ0n) is 22.4. The lowest BCUT2D eigenvalue weighted by molar-refractivity contribution is -0.140. The molecule has 0 spiro atoms. The maximum absolute atomic E-state index is 13.6. The Kier molecular flexibility index (Phi) is 8.98. The Hall–Kier alpha value is -3.76. The van der Waals surface area contributed by atoms with E-state index in [2.05, 4.69) is 5.16 Å². The quantitative estimate of drug-likeness (QED) is 0.361. The molecule has 206 valence electrons. The SMILES string of the molecule is COC(=O)CCN(C(=O)C1CCN(S(=O)(=O)c2c(C)noc2/C=C/c2ccc(C)cc2)CC1)c1ccccc1. The van der Waals surface area contributed by atoms with Gasteiger partial charge in [-0.05, 0) is 50.5 Å². The summed E-state index contributed by atoms with van der Waals surface area (Å²) in [7, 11) is -2.58. The largest absolute Gasteiger partial charge is 0.469 e. The number of carbonyl (C=O) groups excluding carboxylic acids is 2. The number of methoxy groups -OCH3 is 1. The number of rotatable bonds is 9. The van der Waals surface area contributed by atoms with E-state index in [1.165, 1.54) is 11.4 Å². The molecule has 0 unspecified atom stereocenters. The standard InChI is InChI=1S/C29H33N3O6S/c1-21-9-11-23(12-10-21)13-14-26-28(22(2)30-38-26)39(35,36)31-18-15-24(16-19-31)29(34)32(20-17-27(33)37-3)25-7-5-4-6-8-25/h4-14,24H,15-20H2,1-3H3/b14-13+. The first-order valence-corrected chi connectivity index (χ1v) is 14.3. The van der Waals surface area contributed by atoms with Crippen molar-refractivity contribution in [2.24, 2.45) is 5.92 Å². The number of piperidine rings is 1. The molecule has 4 rings (SSSR count). The second-order valence-corrected chi connectivity index (χ2v) is 11.4. The van der Waals surface area contributed by atoms with E-state index in [0.29, 0.717) is 18.5 Å². The van der Waals surface area contributed by atoms with Crippen LogP contribution in [0.15, 0.2) is 64.0 Å². The highest BCUT2D eigenvalue weighted by Crippen LogP contribution is 2.30. The molecule has 3 aromatic rings. The Bertz CT molecular complexity index is 1420. The third-order valence-electron chi connectivity index (χ3n) is 6.84. The van der Waals surface area contributed by atoms with E-state index in [-0.39, 0.29) is 54.2 Å². The van der Waals surface area contributed by atoms with Crippen molar-refractivity contribution in [2.75, 3.05) is 31.6 Å². The van der Waals surface area contributed by atoms with Crippen LogP contribution in [-0.2, 0) is 24.3 Å². The Morgan fingerprint density at radius 3 is 2.36 bits per heavy atom. The van der Waals surface area contributed by atoms with Gasteiger partial charge < -0.3 is 14.2 Å². The molecular formula is C29H33N3O6S. The molecule has 0 bridgehead atoms. The van der Waals surface area contributed by atoms with Crippen LogP contribution in [0.4, 0.5) is 5.69 Å². The topological polar surface area (TPSA) is 110 Å². The number of ether oxygens (including phenoxy) is 1. The maximum Gasteiger partial charge on any atom is 0.307 e. The highest BCUT2D eigenvalue weighted by atomic mass is 32.2. The van der Waals surface area contributed by atoms with Gasteiger partial charge >= 0.3 is 5.97 Å². The molecule has 1 fully saturated rings. The molecule has 2 heterocycles. The molecule has 0 radical (unpaired) electrons. The van der Waals surface area contributed by atoms with E-state index in [0.717, 1.165) is 11.1 Å². The molecule has 1 saturated heterocycles. The van der Waals surface area contributed by atoms with Crippen molar-refractivity contribution in [1.29, 1.82) is 0 Å². The van der Waals surface area contributed by atoms with Gasteiger partial charge in [0.25, 0.3) is 0 Å². The number of sulfonamides is 1. The Balaban J connectivity index is 1.47. The number of benzene rings is 2. The molecule has 0 saturated carbocycles. The second-order valence-electron chi connectivity index (χ2n) is 9.54. The van der Waals surface area contributed by atoms with Gasteiger partial charge in [-0.15, -0.1) is 0 Å². The van der Waals surface area contributed by atoms with Crippen molar-refractivity contribution < 1.29 is 27.3 Å². The first-order valence-electron chi connectivity index (χ1n) is 12.8. The number of aryl methyl sites for hydroxylation is 2. The molecule has 39 heavy (non-hydrogen) atoms. The first kappa shape index (κ1) is 28.3. The average Bonchev–Trinajstić information content (AvgIpc) is 3.34. The first-order chi connectivity index (χ1) is 18.7. The minimum Gasteiger partial charge on any atom is -0.469 e. The third kappa shape index (κ3) is 6.63. The van der Waals surface area contributed by atoms with Crippen LogP contribution >= 0.6 is 0 Å². The van der Waals surface area contributed by atoms with E-state index >= 15 is 0 Å². The summed E-state index contributed by atoms with van der Waals surface area (Å²) in [6.07, 6.45) is 4.19. The van der Waals surface area contributed by atoms with E-state index in [1.54, 1.807) is 24.0 Å². The lowest BCUT2D eigenvalue weighted by atomic mass is 9.96. The normalized spacial score (nSPS) is 14.9. The number of carbonyl (C=O) groups is 2. The molecule has 1 amide bonds.